The van der Waals surface area contributed by atoms with Crippen molar-refractivity contribution < 1.29 is 22.7 Å². The molecule has 3 aromatic carbocycles. The molecule has 8 nitrogen and oxygen atoms in total. The Hall–Kier alpha value is -3.85. The van der Waals surface area contributed by atoms with E-state index in [0.29, 0.717) is 24.5 Å². The molecule has 3 rings (SSSR count). The van der Waals surface area contributed by atoms with Crippen LogP contribution in [0.4, 0.5) is 5.69 Å². The molecule has 9 heteroatoms. The lowest BCUT2D eigenvalue weighted by atomic mass is 10.1. The predicted molar refractivity (Wildman–Crippen MR) is 159 cm³/mol. The first-order chi connectivity index (χ1) is 19.1. The molecule has 3 aromatic rings. The average molecular weight is 566 g/mol. The van der Waals surface area contributed by atoms with Gasteiger partial charge in [-0.1, -0.05) is 67.6 Å². The largest absolute Gasteiger partial charge is 0.489 e. The molecule has 0 radical (unpaired) electrons. The van der Waals surface area contributed by atoms with Crippen molar-refractivity contribution in [1.29, 1.82) is 0 Å². The summed E-state index contributed by atoms with van der Waals surface area (Å²) in [5, 5.41) is 2.93. The van der Waals surface area contributed by atoms with E-state index in [0.717, 1.165) is 28.1 Å². The molecule has 0 bridgehead atoms. The monoisotopic (exact) mass is 565 g/mol. The number of nitrogens with one attached hydrogen (secondary N) is 1. The van der Waals surface area contributed by atoms with Crippen molar-refractivity contribution in [2.75, 3.05) is 23.7 Å². The van der Waals surface area contributed by atoms with E-state index < -0.39 is 28.5 Å². The number of nitrogens with zero attached hydrogens (tertiary/aromatic N) is 2. The highest BCUT2D eigenvalue weighted by Gasteiger charge is 2.30. The van der Waals surface area contributed by atoms with E-state index in [1.165, 1.54) is 4.90 Å². The Morgan fingerprint density at radius 1 is 0.875 bits per heavy atom. The number of carbonyl (C=O) groups excluding carboxylic acids is 2. The van der Waals surface area contributed by atoms with Gasteiger partial charge in [0.1, 0.15) is 24.9 Å². The number of ether oxygens (including phenoxy) is 1. The van der Waals surface area contributed by atoms with Crippen molar-refractivity contribution in [3.8, 4) is 5.75 Å². The molecule has 0 saturated heterocycles. The Bertz CT molecular complexity index is 1330. The van der Waals surface area contributed by atoms with Crippen LogP contribution >= 0.6 is 0 Å². The molecular formula is C31H39N3O5S. The second kappa shape index (κ2) is 14.5. The minimum atomic E-state index is -3.81. The van der Waals surface area contributed by atoms with Crippen LogP contribution in [0.2, 0.25) is 0 Å². The van der Waals surface area contributed by atoms with Gasteiger partial charge in [0.05, 0.1) is 11.9 Å². The fourth-order valence-corrected chi connectivity index (χ4v) is 4.95. The minimum absolute atomic E-state index is 0.0452. The smallest absolute Gasteiger partial charge is 0.244 e. The molecule has 40 heavy (non-hydrogen) atoms. The topological polar surface area (TPSA) is 96.0 Å². The maximum Gasteiger partial charge on any atom is 0.244 e. The molecule has 0 spiro atoms. The third-order valence-corrected chi connectivity index (χ3v) is 7.85. The number of rotatable bonds is 14. The van der Waals surface area contributed by atoms with Crippen LogP contribution in [0.3, 0.4) is 0 Å². The molecule has 0 aliphatic rings. The second-order valence-electron chi connectivity index (χ2n) is 9.85. The summed E-state index contributed by atoms with van der Waals surface area (Å²) < 4.78 is 32.5. The summed E-state index contributed by atoms with van der Waals surface area (Å²) in [5.41, 5.74) is 2.36. The molecule has 1 N–H and O–H groups in total. The zero-order chi connectivity index (χ0) is 29.1. The quantitative estimate of drug-likeness (QED) is 0.313. The summed E-state index contributed by atoms with van der Waals surface area (Å²) in [4.78, 5) is 28.1. The summed E-state index contributed by atoms with van der Waals surface area (Å²) in [6.07, 6.45) is 2.34. The lowest BCUT2D eigenvalue weighted by Crippen LogP contribution is -2.53. The third-order valence-electron chi connectivity index (χ3n) is 6.70. The van der Waals surface area contributed by atoms with Crippen LogP contribution in [0, 0.1) is 0 Å². The van der Waals surface area contributed by atoms with Gasteiger partial charge in [-0.25, -0.2) is 8.42 Å². The number of benzene rings is 3. The van der Waals surface area contributed by atoms with Gasteiger partial charge in [0.15, 0.2) is 0 Å². The van der Waals surface area contributed by atoms with E-state index in [1.807, 2.05) is 74.5 Å². The first-order valence-electron chi connectivity index (χ1n) is 13.5. The van der Waals surface area contributed by atoms with Gasteiger partial charge in [-0.2, -0.15) is 0 Å². The Morgan fingerprint density at radius 3 is 2.00 bits per heavy atom. The summed E-state index contributed by atoms with van der Waals surface area (Å²) in [6, 6.07) is 25.1. The molecule has 0 fully saturated rings. The fourth-order valence-electron chi connectivity index (χ4n) is 4.10. The second-order valence-corrected chi connectivity index (χ2v) is 11.8. The van der Waals surface area contributed by atoms with E-state index >= 15 is 0 Å². The summed E-state index contributed by atoms with van der Waals surface area (Å²) >= 11 is 0. The van der Waals surface area contributed by atoms with E-state index in [-0.39, 0.29) is 18.5 Å². The van der Waals surface area contributed by atoms with Gasteiger partial charge in [-0.15, -0.1) is 0 Å². The van der Waals surface area contributed by atoms with Crippen molar-refractivity contribution in [3.63, 3.8) is 0 Å². The third kappa shape index (κ3) is 9.12. The van der Waals surface area contributed by atoms with Crippen molar-refractivity contribution in [3.05, 3.63) is 96.1 Å². The summed E-state index contributed by atoms with van der Waals surface area (Å²) in [6.45, 7) is 5.75. The number of hydrogen-bond acceptors (Lipinski definition) is 5. The molecule has 0 saturated carbocycles. The highest BCUT2D eigenvalue weighted by Crippen LogP contribution is 2.23. The lowest BCUT2D eigenvalue weighted by Gasteiger charge is -2.32. The average Bonchev–Trinajstić information content (AvgIpc) is 2.95. The Labute approximate surface area is 238 Å². The Morgan fingerprint density at radius 2 is 1.45 bits per heavy atom. The van der Waals surface area contributed by atoms with E-state index in [4.69, 9.17) is 4.74 Å². The fraction of sp³-hybridized carbons (Fsp3) is 0.355. The Balaban J connectivity index is 1.78. The van der Waals surface area contributed by atoms with Crippen LogP contribution in [-0.4, -0.2) is 56.6 Å². The summed E-state index contributed by atoms with van der Waals surface area (Å²) in [7, 11) is -3.81. The maximum absolute atomic E-state index is 13.6. The van der Waals surface area contributed by atoms with E-state index in [2.05, 4.69) is 5.32 Å². The van der Waals surface area contributed by atoms with Gasteiger partial charge >= 0.3 is 0 Å². The van der Waals surface area contributed by atoms with Gasteiger partial charge in [0, 0.05) is 12.6 Å². The highest BCUT2D eigenvalue weighted by atomic mass is 32.2. The van der Waals surface area contributed by atoms with Crippen LogP contribution in [0.5, 0.6) is 5.75 Å². The zero-order valence-electron chi connectivity index (χ0n) is 23.6. The van der Waals surface area contributed by atoms with E-state index in [1.54, 1.807) is 31.2 Å². The van der Waals surface area contributed by atoms with Gasteiger partial charge < -0.3 is 15.0 Å². The molecule has 0 aliphatic carbocycles. The molecule has 2 amide bonds. The first-order valence-corrected chi connectivity index (χ1v) is 15.3. The van der Waals surface area contributed by atoms with Crippen molar-refractivity contribution in [2.45, 2.75) is 52.3 Å². The molecule has 2 atom stereocenters. The van der Waals surface area contributed by atoms with Crippen LogP contribution in [0.15, 0.2) is 84.9 Å². The molecule has 214 valence electrons. The maximum atomic E-state index is 13.6. The molecular weight excluding hydrogens is 526 g/mol. The first kappa shape index (κ1) is 30.7. The normalized spacial score (nSPS) is 12.7. The van der Waals surface area contributed by atoms with Crippen LogP contribution in [0.1, 0.15) is 38.3 Å². The Kier molecular flexibility index (Phi) is 11.1. The van der Waals surface area contributed by atoms with Crippen LogP contribution in [-0.2, 0) is 32.6 Å². The van der Waals surface area contributed by atoms with Gasteiger partial charge in [0.2, 0.25) is 21.8 Å². The van der Waals surface area contributed by atoms with Crippen molar-refractivity contribution in [2.24, 2.45) is 0 Å². The molecule has 0 aromatic heterocycles. The molecule has 0 unspecified atom stereocenters. The zero-order valence-corrected chi connectivity index (χ0v) is 24.4. The number of carbonyl (C=O) groups is 2. The standard InChI is InChI=1S/C31H39N3O5S/c1-5-24(2)32-31(36)25(3)33(21-20-26-12-8-6-9-13-26)30(35)22-34(40(4,37)38)28-16-18-29(19-17-28)39-23-27-14-10-7-11-15-27/h6-19,24-25H,5,20-23H2,1-4H3,(H,32,36)/t24-,25+/m1/s1. The molecule has 0 heterocycles. The summed E-state index contributed by atoms with van der Waals surface area (Å²) in [5.74, 6) is -0.161. The predicted octanol–water partition coefficient (Wildman–Crippen LogP) is 4.41. The van der Waals surface area contributed by atoms with Gasteiger partial charge in [0.25, 0.3) is 0 Å². The highest BCUT2D eigenvalue weighted by molar-refractivity contribution is 7.92. The SMILES string of the molecule is CC[C@@H](C)NC(=O)[C@H](C)N(CCc1ccccc1)C(=O)CN(c1ccc(OCc2ccccc2)cc1)S(C)(=O)=O. The van der Waals surface area contributed by atoms with Crippen molar-refractivity contribution >= 4 is 27.5 Å². The van der Waals surface area contributed by atoms with Crippen LogP contribution < -0.4 is 14.4 Å². The number of sulfonamides is 1. The number of amides is 2. The minimum Gasteiger partial charge on any atom is -0.489 e. The van der Waals surface area contributed by atoms with Crippen LogP contribution in [0.25, 0.3) is 0 Å². The van der Waals surface area contributed by atoms with Gasteiger partial charge in [-0.3, -0.25) is 13.9 Å². The van der Waals surface area contributed by atoms with E-state index in [9.17, 15) is 18.0 Å². The number of anilines is 1. The molecule has 0 aliphatic heterocycles. The van der Waals surface area contributed by atoms with Crippen molar-refractivity contribution in [1.82, 2.24) is 10.2 Å². The van der Waals surface area contributed by atoms with Gasteiger partial charge in [-0.05, 0) is 62.1 Å². The number of hydrogen-bond donors (Lipinski definition) is 1. The lowest BCUT2D eigenvalue weighted by molar-refractivity contribution is -0.139.